The largest absolute Gasteiger partial charge is 0.432 e. The van der Waals surface area contributed by atoms with Gasteiger partial charge in [0, 0.05) is 42.8 Å². The standard InChI is InChI=1S/C31H42N4O6Si/c1-20-28(42(3,4)40)26(18-27(37)35(15-16-36)19-21-9-6-5-7-10-21)41-31(20)23-17-22(12-13-25(23)34(2)30(31)39)33-29(38)24-11-8-14-32-24/h5-7,9-10,12-13,17,20,24,26,28,32,36,40H,8,11,14-16,18-19H2,1-4H3,(H,33,38)/t20-,24+,26+,28-,31+/m0/s1. The van der Waals surface area contributed by atoms with E-state index in [4.69, 9.17) is 4.74 Å². The highest BCUT2D eigenvalue weighted by molar-refractivity contribution is 6.71. The van der Waals surface area contributed by atoms with Gasteiger partial charge in [0.25, 0.3) is 5.91 Å². The second-order valence-electron chi connectivity index (χ2n) is 12.3. The van der Waals surface area contributed by atoms with Crippen LogP contribution >= 0.6 is 0 Å². The Morgan fingerprint density at radius 2 is 1.95 bits per heavy atom. The molecule has 5 atom stereocenters. The number of aliphatic hydroxyl groups is 1. The van der Waals surface area contributed by atoms with Crippen molar-refractivity contribution in [1.29, 1.82) is 0 Å². The van der Waals surface area contributed by atoms with Crippen LogP contribution in [-0.2, 0) is 31.3 Å². The number of amides is 3. The lowest BCUT2D eigenvalue weighted by Gasteiger charge is -2.32. The van der Waals surface area contributed by atoms with Gasteiger partial charge in [-0.05, 0) is 56.2 Å². The summed E-state index contributed by atoms with van der Waals surface area (Å²) in [5.41, 5.74) is 0.999. The van der Waals surface area contributed by atoms with Gasteiger partial charge in [0.15, 0.2) is 13.9 Å². The predicted molar refractivity (Wildman–Crippen MR) is 162 cm³/mol. The number of carbonyl (C=O) groups is 3. The molecule has 3 aliphatic heterocycles. The number of hydrogen-bond donors (Lipinski definition) is 4. The number of rotatable bonds is 9. The van der Waals surface area contributed by atoms with Crippen LogP contribution in [-0.4, -0.2) is 79.7 Å². The Balaban J connectivity index is 1.46. The van der Waals surface area contributed by atoms with E-state index in [-0.39, 0.29) is 43.3 Å². The molecule has 10 nitrogen and oxygen atoms in total. The SMILES string of the molecule is C[C@H]1[C@H]([Si](C)(C)O)[C@@H](CC(=O)N(CCO)Cc2ccccc2)O[C@]12C(=O)N(C)c1ccc(NC(=O)[C@H]3CCCN3)cc12. The third kappa shape index (κ3) is 5.51. The van der Waals surface area contributed by atoms with E-state index < -0.39 is 31.5 Å². The van der Waals surface area contributed by atoms with Crippen LogP contribution in [0.1, 0.15) is 37.3 Å². The van der Waals surface area contributed by atoms with E-state index in [9.17, 15) is 24.3 Å². The first-order valence-corrected chi connectivity index (χ1v) is 17.8. The molecule has 0 saturated carbocycles. The Morgan fingerprint density at radius 3 is 2.60 bits per heavy atom. The van der Waals surface area contributed by atoms with Gasteiger partial charge in [-0.25, -0.2) is 0 Å². The number of nitrogens with zero attached hydrogens (tertiary/aromatic N) is 2. The molecule has 3 aliphatic rings. The summed E-state index contributed by atoms with van der Waals surface area (Å²) in [6.07, 6.45) is 0.976. The Morgan fingerprint density at radius 1 is 1.21 bits per heavy atom. The van der Waals surface area contributed by atoms with Crippen molar-refractivity contribution in [2.24, 2.45) is 5.92 Å². The molecule has 4 N–H and O–H groups in total. The van der Waals surface area contributed by atoms with E-state index in [2.05, 4.69) is 10.6 Å². The number of fused-ring (bicyclic) bond motifs is 2. The quantitative estimate of drug-likeness (QED) is 0.328. The first-order chi connectivity index (χ1) is 20.0. The van der Waals surface area contributed by atoms with Gasteiger partial charge in [0.2, 0.25) is 11.8 Å². The number of carbonyl (C=O) groups excluding carboxylic acids is 3. The molecule has 2 aromatic rings. The normalized spacial score (nSPS) is 27.0. The molecule has 3 heterocycles. The van der Waals surface area contributed by atoms with Crippen molar-refractivity contribution in [3.63, 3.8) is 0 Å². The van der Waals surface area contributed by atoms with Gasteiger partial charge in [-0.3, -0.25) is 14.4 Å². The van der Waals surface area contributed by atoms with Crippen molar-refractivity contribution in [3.05, 3.63) is 59.7 Å². The number of nitrogens with one attached hydrogen (secondary N) is 2. The number of likely N-dealkylation sites (N-methyl/N-ethyl adjacent to an activating group) is 1. The summed E-state index contributed by atoms with van der Waals surface area (Å²) in [5.74, 6) is -1.01. The van der Waals surface area contributed by atoms with Gasteiger partial charge >= 0.3 is 0 Å². The van der Waals surface area contributed by atoms with E-state index in [0.29, 0.717) is 23.5 Å². The summed E-state index contributed by atoms with van der Waals surface area (Å²) < 4.78 is 6.73. The molecule has 3 amide bonds. The molecule has 0 aliphatic carbocycles. The van der Waals surface area contributed by atoms with Crippen LogP contribution in [0.3, 0.4) is 0 Å². The fraction of sp³-hybridized carbons (Fsp3) is 0.516. The third-order valence-electron chi connectivity index (χ3n) is 9.07. The fourth-order valence-corrected chi connectivity index (χ4v) is 9.67. The lowest BCUT2D eigenvalue weighted by molar-refractivity contribution is -0.149. The van der Waals surface area contributed by atoms with Crippen LogP contribution in [0, 0.1) is 5.92 Å². The van der Waals surface area contributed by atoms with Crippen molar-refractivity contribution >= 4 is 37.4 Å². The molecule has 11 heteroatoms. The van der Waals surface area contributed by atoms with Crippen LogP contribution in [0.25, 0.3) is 0 Å². The van der Waals surface area contributed by atoms with E-state index in [1.54, 1.807) is 29.0 Å². The van der Waals surface area contributed by atoms with Crippen LogP contribution in [0.2, 0.25) is 18.6 Å². The summed E-state index contributed by atoms with van der Waals surface area (Å²) >= 11 is 0. The molecule has 2 fully saturated rings. The Bertz CT molecular complexity index is 1330. The van der Waals surface area contributed by atoms with E-state index >= 15 is 0 Å². The molecule has 0 aromatic heterocycles. The highest BCUT2D eigenvalue weighted by Crippen LogP contribution is 2.59. The number of hydrogen-bond acceptors (Lipinski definition) is 7. The first-order valence-electron chi connectivity index (χ1n) is 14.8. The highest BCUT2D eigenvalue weighted by Gasteiger charge is 2.66. The number of aliphatic hydroxyl groups excluding tert-OH is 1. The van der Waals surface area contributed by atoms with Crippen molar-refractivity contribution in [2.75, 3.05) is 37.0 Å². The highest BCUT2D eigenvalue weighted by atomic mass is 28.4. The third-order valence-corrected chi connectivity index (χ3v) is 11.6. The lowest BCUT2D eigenvalue weighted by atomic mass is 9.82. The van der Waals surface area contributed by atoms with Gasteiger partial charge in [-0.15, -0.1) is 0 Å². The minimum absolute atomic E-state index is 0.0311. The van der Waals surface area contributed by atoms with Crippen molar-refractivity contribution < 1.29 is 29.0 Å². The Kier molecular flexibility index (Phi) is 8.59. The van der Waals surface area contributed by atoms with Crippen molar-refractivity contribution in [3.8, 4) is 0 Å². The summed E-state index contributed by atoms with van der Waals surface area (Å²) in [6, 6.07) is 14.7. The molecule has 2 aromatic carbocycles. The lowest BCUT2D eigenvalue weighted by Crippen LogP contribution is -2.45. The monoisotopic (exact) mass is 594 g/mol. The van der Waals surface area contributed by atoms with Gasteiger partial charge < -0.3 is 35.1 Å². The van der Waals surface area contributed by atoms with Gasteiger partial charge in [0.05, 0.1) is 30.9 Å². The van der Waals surface area contributed by atoms with Crippen LogP contribution in [0.5, 0.6) is 0 Å². The molecule has 5 rings (SSSR count). The number of benzene rings is 2. The summed E-state index contributed by atoms with van der Waals surface area (Å²) in [5, 5.41) is 15.9. The minimum atomic E-state index is -2.96. The van der Waals surface area contributed by atoms with E-state index in [0.717, 1.165) is 24.9 Å². The molecular formula is C31H42N4O6Si. The second-order valence-corrected chi connectivity index (χ2v) is 16.3. The number of ether oxygens (including phenoxy) is 1. The fourth-order valence-electron chi connectivity index (χ4n) is 7.12. The minimum Gasteiger partial charge on any atom is -0.432 e. The molecule has 0 unspecified atom stereocenters. The van der Waals surface area contributed by atoms with Gasteiger partial charge in [0.1, 0.15) is 0 Å². The van der Waals surface area contributed by atoms with Crippen molar-refractivity contribution in [1.82, 2.24) is 10.2 Å². The Labute approximate surface area is 248 Å². The molecular weight excluding hydrogens is 552 g/mol. The zero-order valence-corrected chi connectivity index (χ0v) is 25.8. The maximum atomic E-state index is 14.0. The van der Waals surface area contributed by atoms with Crippen LogP contribution in [0.4, 0.5) is 11.4 Å². The molecule has 1 spiro atoms. The molecule has 42 heavy (non-hydrogen) atoms. The smallest absolute Gasteiger partial charge is 0.264 e. The summed E-state index contributed by atoms with van der Waals surface area (Å²) in [7, 11) is -1.26. The summed E-state index contributed by atoms with van der Waals surface area (Å²) in [4.78, 5) is 55.2. The molecule has 2 saturated heterocycles. The molecule has 226 valence electrons. The van der Waals surface area contributed by atoms with Gasteiger partial charge in [-0.1, -0.05) is 37.3 Å². The maximum absolute atomic E-state index is 14.0. The van der Waals surface area contributed by atoms with Gasteiger partial charge in [-0.2, -0.15) is 0 Å². The predicted octanol–water partition coefficient (Wildman–Crippen LogP) is 2.56. The zero-order chi connectivity index (χ0) is 30.2. The average Bonchev–Trinajstić information content (AvgIpc) is 3.64. The molecule has 0 bridgehead atoms. The topological polar surface area (TPSA) is 131 Å². The van der Waals surface area contributed by atoms with Crippen LogP contribution in [0.15, 0.2) is 48.5 Å². The van der Waals surface area contributed by atoms with E-state index in [1.807, 2.05) is 56.4 Å². The molecule has 0 radical (unpaired) electrons. The van der Waals surface area contributed by atoms with Crippen LogP contribution < -0.4 is 15.5 Å². The Hall–Kier alpha value is -3.09. The summed E-state index contributed by atoms with van der Waals surface area (Å²) in [6.45, 7) is 6.67. The number of anilines is 2. The average molecular weight is 595 g/mol. The zero-order valence-electron chi connectivity index (χ0n) is 24.8. The first kappa shape index (κ1) is 30.4. The van der Waals surface area contributed by atoms with E-state index in [1.165, 1.54) is 0 Å². The maximum Gasteiger partial charge on any atom is 0.264 e. The second kappa shape index (κ2) is 11.9. The van der Waals surface area contributed by atoms with Crippen molar-refractivity contribution in [2.45, 2.75) is 69.1 Å².